The van der Waals surface area contributed by atoms with Gasteiger partial charge in [0.25, 0.3) is 5.91 Å². The zero-order valence-corrected chi connectivity index (χ0v) is 20.2. The van der Waals surface area contributed by atoms with Gasteiger partial charge >= 0.3 is 0 Å². The Morgan fingerprint density at radius 2 is 1.91 bits per heavy atom. The van der Waals surface area contributed by atoms with E-state index in [4.69, 9.17) is 4.74 Å². The minimum atomic E-state index is -0.256. The monoisotopic (exact) mass is 462 g/mol. The van der Waals surface area contributed by atoms with E-state index in [0.29, 0.717) is 26.1 Å². The van der Waals surface area contributed by atoms with E-state index in [1.807, 2.05) is 35.5 Å². The summed E-state index contributed by atoms with van der Waals surface area (Å²) in [5.74, 6) is 0.784. The Morgan fingerprint density at radius 3 is 2.65 bits per heavy atom. The third-order valence-electron chi connectivity index (χ3n) is 6.47. The lowest BCUT2D eigenvalue weighted by atomic mass is 9.97. The van der Waals surface area contributed by atoms with Crippen LogP contribution in [-0.4, -0.2) is 40.9 Å². The zero-order valence-electron chi connectivity index (χ0n) is 20.2. The molecule has 7 heteroatoms. The van der Waals surface area contributed by atoms with Gasteiger partial charge in [0.1, 0.15) is 11.8 Å². The summed E-state index contributed by atoms with van der Waals surface area (Å²) in [6, 6.07) is 14.0. The molecule has 2 atom stereocenters. The van der Waals surface area contributed by atoms with Crippen molar-refractivity contribution >= 4 is 11.8 Å². The third kappa shape index (κ3) is 5.59. The zero-order chi connectivity index (χ0) is 24.1. The largest absolute Gasteiger partial charge is 0.494 e. The Morgan fingerprint density at radius 1 is 1.12 bits per heavy atom. The molecule has 0 radical (unpaired) electrons. The average molecular weight is 463 g/mol. The van der Waals surface area contributed by atoms with Gasteiger partial charge in [0.05, 0.1) is 12.6 Å². The summed E-state index contributed by atoms with van der Waals surface area (Å²) in [6.45, 7) is 7.79. The van der Waals surface area contributed by atoms with Gasteiger partial charge in [-0.1, -0.05) is 37.3 Å². The number of hydrogen-bond donors (Lipinski definition) is 2. The van der Waals surface area contributed by atoms with Crippen LogP contribution in [0.3, 0.4) is 0 Å². The number of ether oxygens (including phenoxy) is 1. The number of carbonyl (C=O) groups is 2. The van der Waals surface area contributed by atoms with Gasteiger partial charge in [-0.05, 0) is 61.1 Å². The van der Waals surface area contributed by atoms with Gasteiger partial charge in [-0.3, -0.25) is 9.59 Å². The van der Waals surface area contributed by atoms with E-state index in [9.17, 15) is 9.59 Å². The van der Waals surface area contributed by atoms with Crippen molar-refractivity contribution in [2.24, 2.45) is 0 Å². The molecule has 2 aromatic rings. The highest BCUT2D eigenvalue weighted by molar-refractivity contribution is 5.85. The number of amides is 2. The van der Waals surface area contributed by atoms with E-state index < -0.39 is 0 Å². The maximum absolute atomic E-state index is 13.1. The number of hydrazine groups is 1. The number of nitrogens with one attached hydrogen (secondary N) is 2. The normalized spacial score (nSPS) is 19.3. The Balaban J connectivity index is 1.24. The molecule has 0 saturated carbocycles. The van der Waals surface area contributed by atoms with E-state index in [2.05, 4.69) is 49.7 Å². The van der Waals surface area contributed by atoms with E-state index in [1.54, 1.807) is 11.1 Å². The fourth-order valence-electron chi connectivity index (χ4n) is 4.25. The molecule has 7 nitrogen and oxygen atoms in total. The Hall–Kier alpha value is -3.32. The summed E-state index contributed by atoms with van der Waals surface area (Å²) in [5, 5.41) is 4.83. The number of nitrogens with zero attached hydrogens (tertiary/aromatic N) is 2. The fourth-order valence-corrected chi connectivity index (χ4v) is 4.25. The lowest BCUT2D eigenvalue weighted by molar-refractivity contribution is -0.134. The molecule has 2 amide bonds. The number of aryl methyl sites for hydroxylation is 2. The molecule has 180 valence electrons. The van der Waals surface area contributed by atoms with Crippen molar-refractivity contribution in [3.8, 4) is 5.75 Å². The van der Waals surface area contributed by atoms with Crippen molar-refractivity contribution in [1.82, 2.24) is 20.7 Å². The number of rotatable bonds is 9. The molecule has 0 bridgehead atoms. The van der Waals surface area contributed by atoms with Crippen LogP contribution in [0, 0.1) is 13.8 Å². The minimum Gasteiger partial charge on any atom is -0.494 e. The van der Waals surface area contributed by atoms with Crippen molar-refractivity contribution < 1.29 is 14.3 Å². The summed E-state index contributed by atoms with van der Waals surface area (Å²) in [5.41, 5.74) is 8.15. The molecule has 2 aliphatic heterocycles. The van der Waals surface area contributed by atoms with Crippen molar-refractivity contribution in [3.63, 3.8) is 0 Å². The second-order valence-corrected chi connectivity index (χ2v) is 9.03. The van der Waals surface area contributed by atoms with Gasteiger partial charge in [-0.15, -0.1) is 0 Å². The van der Waals surface area contributed by atoms with Gasteiger partial charge in [0.2, 0.25) is 5.91 Å². The Kier molecular flexibility index (Phi) is 7.53. The number of fused-ring (bicyclic) bond motifs is 1. The smallest absolute Gasteiger partial charge is 0.250 e. The molecule has 2 aromatic carbocycles. The first-order chi connectivity index (χ1) is 16.4. The molecule has 34 heavy (non-hydrogen) atoms. The molecule has 1 fully saturated rings. The van der Waals surface area contributed by atoms with E-state index >= 15 is 0 Å². The molecular weight excluding hydrogens is 428 g/mol. The predicted octanol–water partition coefficient (Wildman–Crippen LogP) is 3.73. The molecular formula is C27H34N4O3. The topological polar surface area (TPSA) is 73.9 Å². The quantitative estimate of drug-likeness (QED) is 0.594. The first kappa shape index (κ1) is 23.8. The van der Waals surface area contributed by atoms with Gasteiger partial charge < -0.3 is 20.0 Å². The van der Waals surface area contributed by atoms with Crippen LogP contribution >= 0.6 is 0 Å². The van der Waals surface area contributed by atoms with Crippen LogP contribution in [0.5, 0.6) is 5.75 Å². The van der Waals surface area contributed by atoms with Crippen molar-refractivity contribution in [2.75, 3.05) is 13.2 Å². The van der Waals surface area contributed by atoms with Gasteiger partial charge in [0.15, 0.2) is 0 Å². The van der Waals surface area contributed by atoms with Crippen LogP contribution in [0.25, 0.3) is 0 Å². The van der Waals surface area contributed by atoms with Crippen molar-refractivity contribution in [3.05, 3.63) is 77.1 Å². The molecule has 2 unspecified atom stereocenters. The molecule has 2 aliphatic rings. The van der Waals surface area contributed by atoms with Crippen molar-refractivity contribution in [2.45, 2.75) is 58.7 Å². The summed E-state index contributed by atoms with van der Waals surface area (Å²) in [7, 11) is 0. The molecule has 0 aromatic heterocycles. The van der Waals surface area contributed by atoms with Gasteiger partial charge in [-0.2, -0.15) is 0 Å². The average Bonchev–Trinajstić information content (AvgIpc) is 3.28. The van der Waals surface area contributed by atoms with Crippen LogP contribution in [0.1, 0.15) is 54.5 Å². The summed E-state index contributed by atoms with van der Waals surface area (Å²) in [6.07, 6.45) is 5.58. The molecule has 1 saturated heterocycles. The van der Waals surface area contributed by atoms with Crippen LogP contribution in [0.15, 0.2) is 54.9 Å². The second kappa shape index (κ2) is 10.7. The van der Waals surface area contributed by atoms with E-state index in [-0.39, 0.29) is 30.3 Å². The first-order valence-corrected chi connectivity index (χ1v) is 12.0. The Bertz CT molecular complexity index is 1050. The maximum atomic E-state index is 13.1. The third-order valence-corrected chi connectivity index (χ3v) is 6.47. The van der Waals surface area contributed by atoms with E-state index in [0.717, 1.165) is 17.7 Å². The molecule has 0 aliphatic carbocycles. The molecule has 2 N–H and O–H groups in total. The highest BCUT2D eigenvalue weighted by Gasteiger charge is 2.39. The van der Waals surface area contributed by atoms with Crippen LogP contribution < -0.4 is 15.5 Å². The minimum absolute atomic E-state index is 0.0248. The predicted molar refractivity (Wildman–Crippen MR) is 132 cm³/mol. The number of hydrogen-bond acceptors (Lipinski definition) is 5. The van der Waals surface area contributed by atoms with Gasteiger partial charge in [0, 0.05) is 31.9 Å². The summed E-state index contributed by atoms with van der Waals surface area (Å²) in [4.78, 5) is 27.1. The van der Waals surface area contributed by atoms with Gasteiger partial charge in [-0.25, -0.2) is 5.43 Å². The molecule has 0 spiro atoms. The SMILES string of the molecule is CCCOc1ccc(CNC(=O)CCN2C=CN3NC(c4ccc(C)c(C)c4)CC3C2=O)cc1. The number of carbonyl (C=O) groups excluding carboxylic acids is 2. The maximum Gasteiger partial charge on any atom is 0.250 e. The molecule has 2 heterocycles. The van der Waals surface area contributed by atoms with Crippen LogP contribution in [0.4, 0.5) is 0 Å². The highest BCUT2D eigenvalue weighted by Crippen LogP contribution is 2.31. The first-order valence-electron chi connectivity index (χ1n) is 12.0. The highest BCUT2D eigenvalue weighted by atomic mass is 16.5. The summed E-state index contributed by atoms with van der Waals surface area (Å²) >= 11 is 0. The Labute approximate surface area is 201 Å². The molecule has 4 rings (SSSR count). The van der Waals surface area contributed by atoms with Crippen LogP contribution in [0.2, 0.25) is 0 Å². The second-order valence-electron chi connectivity index (χ2n) is 9.03. The van der Waals surface area contributed by atoms with Crippen molar-refractivity contribution in [1.29, 1.82) is 0 Å². The summed E-state index contributed by atoms with van der Waals surface area (Å²) < 4.78 is 5.58. The van der Waals surface area contributed by atoms with Crippen LogP contribution in [-0.2, 0) is 16.1 Å². The number of benzene rings is 2. The lowest BCUT2D eigenvalue weighted by Crippen LogP contribution is -2.48. The standard InChI is InChI=1S/C27H34N4O3/c1-4-15-34-23-9-6-21(7-10-23)18-28-26(32)11-12-30-13-14-31-25(27(30)33)17-24(29-31)22-8-5-19(2)20(3)16-22/h5-10,13-14,16,24-25,29H,4,11-12,15,17-18H2,1-3H3,(H,28,32). The lowest BCUT2D eigenvalue weighted by Gasteiger charge is -2.31. The fraction of sp³-hybridized carbons (Fsp3) is 0.407. The van der Waals surface area contributed by atoms with E-state index in [1.165, 1.54) is 16.7 Å².